The van der Waals surface area contributed by atoms with Gasteiger partial charge < -0.3 is 10.6 Å². The fraction of sp³-hybridized carbons (Fsp3) is 0.857. The zero-order valence-corrected chi connectivity index (χ0v) is 13.8. The molecular formula is C14H25N3O4S. The summed E-state index contributed by atoms with van der Waals surface area (Å²) in [4.78, 5) is 24.2. The van der Waals surface area contributed by atoms with E-state index >= 15 is 0 Å². The zero-order chi connectivity index (χ0) is 16.2. The van der Waals surface area contributed by atoms with Crippen molar-refractivity contribution in [1.29, 1.82) is 0 Å². The number of hydrogen-bond acceptors (Lipinski definition) is 4. The Balaban J connectivity index is 2.06. The molecule has 0 aromatic rings. The molecule has 2 fully saturated rings. The molecule has 2 aliphatic heterocycles. The standard InChI is InChI=1S/C14H25N3O4S/c1-2-10-22(20,21)17-9-4-3-7-12(17)14(19)16-11-6-5-8-15-13(11)18/h11-12H,2-10H2,1H3,(H,15,18)(H,16,19). The van der Waals surface area contributed by atoms with Crippen LogP contribution in [-0.4, -0.2) is 55.5 Å². The van der Waals surface area contributed by atoms with Crippen molar-refractivity contribution in [1.82, 2.24) is 14.9 Å². The molecule has 8 heteroatoms. The summed E-state index contributed by atoms with van der Waals surface area (Å²) >= 11 is 0. The molecule has 22 heavy (non-hydrogen) atoms. The smallest absolute Gasteiger partial charge is 0.242 e. The summed E-state index contributed by atoms with van der Waals surface area (Å²) < 4.78 is 26.0. The second kappa shape index (κ2) is 7.41. The lowest BCUT2D eigenvalue weighted by Crippen LogP contribution is -2.57. The first-order chi connectivity index (χ1) is 10.5. The van der Waals surface area contributed by atoms with Gasteiger partial charge in [0.1, 0.15) is 12.1 Å². The lowest BCUT2D eigenvalue weighted by atomic mass is 10.0. The van der Waals surface area contributed by atoms with Crippen LogP contribution in [-0.2, 0) is 19.6 Å². The second-order valence-corrected chi connectivity index (χ2v) is 7.97. The van der Waals surface area contributed by atoms with Gasteiger partial charge in [0.15, 0.2) is 0 Å². The molecule has 0 aromatic heterocycles. The Morgan fingerprint density at radius 1 is 1.32 bits per heavy atom. The van der Waals surface area contributed by atoms with E-state index < -0.39 is 22.1 Å². The molecular weight excluding hydrogens is 306 g/mol. The minimum Gasteiger partial charge on any atom is -0.354 e. The van der Waals surface area contributed by atoms with E-state index in [2.05, 4.69) is 10.6 Å². The highest BCUT2D eigenvalue weighted by atomic mass is 32.2. The topological polar surface area (TPSA) is 95.6 Å². The molecule has 0 aliphatic carbocycles. The van der Waals surface area contributed by atoms with Gasteiger partial charge in [0.2, 0.25) is 21.8 Å². The van der Waals surface area contributed by atoms with Crippen LogP contribution in [0.25, 0.3) is 0 Å². The quantitative estimate of drug-likeness (QED) is 0.740. The molecule has 2 unspecified atom stereocenters. The van der Waals surface area contributed by atoms with E-state index in [0.717, 1.165) is 19.3 Å². The molecule has 2 saturated heterocycles. The van der Waals surface area contributed by atoms with E-state index in [9.17, 15) is 18.0 Å². The summed E-state index contributed by atoms with van der Waals surface area (Å²) in [5.41, 5.74) is 0. The Labute approximate surface area is 131 Å². The van der Waals surface area contributed by atoms with Gasteiger partial charge in [0.05, 0.1) is 5.75 Å². The number of carbonyl (C=O) groups excluding carboxylic acids is 2. The number of nitrogens with zero attached hydrogens (tertiary/aromatic N) is 1. The van der Waals surface area contributed by atoms with Crippen molar-refractivity contribution in [3.05, 3.63) is 0 Å². The molecule has 2 N–H and O–H groups in total. The largest absolute Gasteiger partial charge is 0.354 e. The predicted octanol–water partition coefficient (Wildman–Crippen LogP) is -0.0245. The highest BCUT2D eigenvalue weighted by Crippen LogP contribution is 2.22. The van der Waals surface area contributed by atoms with E-state index in [1.54, 1.807) is 0 Å². The van der Waals surface area contributed by atoms with Crippen LogP contribution in [0.2, 0.25) is 0 Å². The third-order valence-corrected chi connectivity index (χ3v) is 6.25. The lowest BCUT2D eigenvalue weighted by Gasteiger charge is -2.34. The van der Waals surface area contributed by atoms with Crippen molar-refractivity contribution in [3.8, 4) is 0 Å². The summed E-state index contributed by atoms with van der Waals surface area (Å²) in [6.45, 7) is 2.83. The summed E-state index contributed by atoms with van der Waals surface area (Å²) in [7, 11) is -3.41. The van der Waals surface area contributed by atoms with E-state index in [-0.39, 0.29) is 17.6 Å². The number of piperidine rings is 2. The summed E-state index contributed by atoms with van der Waals surface area (Å²) in [5, 5.41) is 5.44. The maximum absolute atomic E-state index is 12.5. The number of amides is 2. The van der Waals surface area contributed by atoms with Gasteiger partial charge in [-0.1, -0.05) is 13.3 Å². The minimum atomic E-state index is -3.41. The van der Waals surface area contributed by atoms with E-state index in [1.807, 2.05) is 6.92 Å². The van der Waals surface area contributed by atoms with Gasteiger partial charge in [0.25, 0.3) is 0 Å². The molecule has 2 aliphatic rings. The summed E-state index contributed by atoms with van der Waals surface area (Å²) in [6.07, 6.45) is 4.07. The Morgan fingerprint density at radius 2 is 2.09 bits per heavy atom. The van der Waals surface area contributed by atoms with Gasteiger partial charge in [-0.25, -0.2) is 8.42 Å². The van der Waals surface area contributed by atoms with Crippen molar-refractivity contribution >= 4 is 21.8 Å². The van der Waals surface area contributed by atoms with Crippen LogP contribution in [0.3, 0.4) is 0 Å². The van der Waals surface area contributed by atoms with Gasteiger partial charge in [-0.3, -0.25) is 9.59 Å². The van der Waals surface area contributed by atoms with Crippen LogP contribution < -0.4 is 10.6 Å². The van der Waals surface area contributed by atoms with Crippen molar-refractivity contribution in [2.24, 2.45) is 0 Å². The van der Waals surface area contributed by atoms with Gasteiger partial charge in [0, 0.05) is 13.1 Å². The monoisotopic (exact) mass is 331 g/mol. The Morgan fingerprint density at radius 3 is 2.77 bits per heavy atom. The summed E-state index contributed by atoms with van der Waals surface area (Å²) in [5.74, 6) is -0.472. The average molecular weight is 331 g/mol. The van der Waals surface area contributed by atoms with Crippen LogP contribution in [0.5, 0.6) is 0 Å². The predicted molar refractivity (Wildman–Crippen MR) is 82.6 cm³/mol. The van der Waals surface area contributed by atoms with E-state index in [4.69, 9.17) is 0 Å². The van der Waals surface area contributed by atoms with Gasteiger partial charge in [-0.2, -0.15) is 4.31 Å². The molecule has 0 radical (unpaired) electrons. The van der Waals surface area contributed by atoms with Crippen molar-refractivity contribution in [2.45, 2.75) is 57.5 Å². The number of sulfonamides is 1. The maximum Gasteiger partial charge on any atom is 0.242 e. The van der Waals surface area contributed by atoms with Gasteiger partial charge >= 0.3 is 0 Å². The van der Waals surface area contributed by atoms with Crippen LogP contribution in [0.1, 0.15) is 45.4 Å². The Bertz CT molecular complexity index is 520. The fourth-order valence-corrected chi connectivity index (χ4v) is 4.80. The number of nitrogens with one attached hydrogen (secondary N) is 2. The van der Waals surface area contributed by atoms with Crippen LogP contribution in [0.15, 0.2) is 0 Å². The van der Waals surface area contributed by atoms with Crippen LogP contribution in [0.4, 0.5) is 0 Å². The molecule has 2 atom stereocenters. The third-order valence-electron chi connectivity index (χ3n) is 4.18. The normalized spacial score (nSPS) is 27.2. The van der Waals surface area contributed by atoms with E-state index in [1.165, 1.54) is 4.31 Å². The highest BCUT2D eigenvalue weighted by Gasteiger charge is 2.37. The molecule has 2 heterocycles. The molecule has 0 bridgehead atoms. The number of hydrogen-bond donors (Lipinski definition) is 2. The van der Waals surface area contributed by atoms with Crippen LogP contribution in [0, 0.1) is 0 Å². The molecule has 2 rings (SSSR count). The van der Waals surface area contributed by atoms with Crippen molar-refractivity contribution in [2.75, 3.05) is 18.8 Å². The molecule has 7 nitrogen and oxygen atoms in total. The molecule has 2 amide bonds. The maximum atomic E-state index is 12.5. The molecule has 0 spiro atoms. The number of rotatable bonds is 5. The Hall–Kier alpha value is -1.15. The van der Waals surface area contributed by atoms with Crippen molar-refractivity contribution < 1.29 is 18.0 Å². The van der Waals surface area contributed by atoms with Crippen molar-refractivity contribution in [3.63, 3.8) is 0 Å². The first-order valence-electron chi connectivity index (χ1n) is 8.03. The minimum absolute atomic E-state index is 0.0562. The zero-order valence-electron chi connectivity index (χ0n) is 13.0. The average Bonchev–Trinajstić information content (AvgIpc) is 2.49. The first-order valence-corrected chi connectivity index (χ1v) is 9.64. The molecule has 126 valence electrons. The van der Waals surface area contributed by atoms with Gasteiger partial charge in [-0.05, 0) is 32.1 Å². The lowest BCUT2D eigenvalue weighted by molar-refractivity contribution is -0.132. The first kappa shape index (κ1) is 17.2. The number of carbonyl (C=O) groups is 2. The highest BCUT2D eigenvalue weighted by molar-refractivity contribution is 7.89. The second-order valence-electron chi connectivity index (χ2n) is 5.93. The van der Waals surface area contributed by atoms with Gasteiger partial charge in [-0.15, -0.1) is 0 Å². The SMILES string of the molecule is CCCS(=O)(=O)N1CCCCC1C(=O)NC1CCCNC1=O. The van der Waals surface area contributed by atoms with Crippen LogP contribution >= 0.6 is 0 Å². The molecule has 0 saturated carbocycles. The fourth-order valence-electron chi connectivity index (χ4n) is 3.05. The molecule has 0 aromatic carbocycles. The third kappa shape index (κ3) is 3.98. The Kier molecular flexibility index (Phi) is 5.80. The summed E-state index contributed by atoms with van der Waals surface area (Å²) in [6, 6.07) is -1.22. The van der Waals surface area contributed by atoms with E-state index in [0.29, 0.717) is 32.4 Å².